The number of amides is 3. The van der Waals surface area contributed by atoms with Gasteiger partial charge in [-0.05, 0) is 71.4 Å². The van der Waals surface area contributed by atoms with Crippen LogP contribution in [-0.4, -0.2) is 90.8 Å². The van der Waals surface area contributed by atoms with Crippen LogP contribution in [0.15, 0.2) is 35.3 Å². The summed E-state index contributed by atoms with van der Waals surface area (Å²) in [5.74, 6) is -0.976. The summed E-state index contributed by atoms with van der Waals surface area (Å²) >= 11 is 0. The van der Waals surface area contributed by atoms with Gasteiger partial charge in [0, 0.05) is 29.4 Å². The first kappa shape index (κ1) is 36.3. The van der Waals surface area contributed by atoms with Crippen LogP contribution < -0.4 is 24.2 Å². The molecule has 3 heterocycles. The van der Waals surface area contributed by atoms with Gasteiger partial charge < -0.3 is 24.4 Å². The molecular weight excluding hydrogens is 678 g/mol. The van der Waals surface area contributed by atoms with Gasteiger partial charge in [0.1, 0.15) is 35.2 Å². The number of isocyanates is 1. The van der Waals surface area contributed by atoms with Crippen molar-refractivity contribution in [2.24, 2.45) is 10.9 Å². The van der Waals surface area contributed by atoms with Crippen LogP contribution in [-0.2, 0) is 29.2 Å². The average molecular weight is 724 g/mol. The van der Waals surface area contributed by atoms with Crippen LogP contribution in [0.3, 0.4) is 0 Å². The highest BCUT2D eigenvalue weighted by Gasteiger charge is 2.62. The van der Waals surface area contributed by atoms with E-state index in [9.17, 15) is 27.6 Å². The smallest absolute Gasteiger partial charge is 0.259 e. The Morgan fingerprint density at radius 1 is 1.16 bits per heavy atom. The lowest BCUT2D eigenvalue weighted by Crippen LogP contribution is -2.57. The summed E-state index contributed by atoms with van der Waals surface area (Å²) in [6, 6.07) is 3.15. The Morgan fingerprint density at radius 3 is 2.65 bits per heavy atom. The first-order valence-corrected chi connectivity index (χ1v) is 19.2. The number of hydrogen-bond donors (Lipinski definition) is 2. The fourth-order valence-corrected chi connectivity index (χ4v) is 8.40. The number of aromatic nitrogens is 1. The molecule has 15 heteroatoms. The number of carbonyl (C=O) groups is 3. The Hall–Kier alpha value is -4.49. The number of methoxy groups -OCH3 is 1. The molecule has 2 aliphatic carbocycles. The van der Waals surface area contributed by atoms with E-state index in [1.807, 2.05) is 39.0 Å². The number of hydrogen-bond acceptors (Lipinski definition) is 11. The molecule has 3 amide bonds. The van der Waals surface area contributed by atoms with E-state index in [2.05, 4.69) is 15.0 Å². The lowest BCUT2D eigenvalue weighted by molar-refractivity contribution is -0.140. The van der Waals surface area contributed by atoms with Gasteiger partial charge >= 0.3 is 0 Å². The summed E-state index contributed by atoms with van der Waals surface area (Å²) < 4.78 is 45.8. The van der Waals surface area contributed by atoms with Gasteiger partial charge in [-0.3, -0.25) is 19.1 Å². The number of sulfonamides is 1. The Kier molecular flexibility index (Phi) is 10.4. The SMILES string of the molecule is COc1ccc2c(O[C@@H]3C[C@H]4C(=O)N[C@]5(C(=O)NS(=O)(=O)C6CC6)C[C@H]5/C=C\CCCCC[C@H](N=C=O)C(=O)N4C3)cc(OC(C)C)nc2c1C. The number of aryl methyl sites for hydroxylation is 1. The standard InChI is InChI=1S/C36H45N5O9S/c1-21(2)49-31-17-30(26-14-15-29(48-4)22(3)32(26)38-31)50-24-16-28-33(43)39-36(35(45)40-51(46,47)25-12-13-25)18-23(36)10-8-6-5-7-9-11-27(37-20-42)34(44)41(28)19-24/h8,10,14-15,17,21,23-25,27-28H,5-7,9,11-13,16,18-19H2,1-4H3,(H,39,43)(H,40,45)/b10-8-/t23-,24-,27+,28+,36-/m1/s1. The van der Waals surface area contributed by atoms with E-state index in [1.165, 1.54) is 11.0 Å². The van der Waals surface area contributed by atoms with Crippen molar-refractivity contribution in [3.05, 3.63) is 35.9 Å². The van der Waals surface area contributed by atoms with Crippen molar-refractivity contribution in [1.29, 1.82) is 0 Å². The highest BCUT2D eigenvalue weighted by molar-refractivity contribution is 7.91. The third-order valence-electron chi connectivity index (χ3n) is 10.0. The molecule has 1 aromatic heterocycles. The van der Waals surface area contributed by atoms with Crippen molar-refractivity contribution in [1.82, 2.24) is 19.9 Å². The van der Waals surface area contributed by atoms with Crippen molar-refractivity contribution in [3.63, 3.8) is 0 Å². The van der Waals surface area contributed by atoms with Crippen molar-refractivity contribution in [2.75, 3.05) is 13.7 Å². The summed E-state index contributed by atoms with van der Waals surface area (Å²) in [5.41, 5.74) is -0.117. The fraction of sp³-hybridized carbons (Fsp3) is 0.583. The second-order valence-electron chi connectivity index (χ2n) is 14.1. The van der Waals surface area contributed by atoms with Crippen LogP contribution in [0.2, 0.25) is 0 Å². The van der Waals surface area contributed by atoms with Crippen LogP contribution in [0.4, 0.5) is 0 Å². The molecule has 2 saturated carbocycles. The molecule has 4 aliphatic rings. The second-order valence-corrected chi connectivity index (χ2v) is 16.1. The van der Waals surface area contributed by atoms with Crippen molar-refractivity contribution in [2.45, 2.75) is 114 Å². The molecule has 2 N–H and O–H groups in total. The summed E-state index contributed by atoms with van der Waals surface area (Å²) in [5, 5.41) is 2.90. The Morgan fingerprint density at radius 2 is 1.94 bits per heavy atom. The summed E-state index contributed by atoms with van der Waals surface area (Å²) in [7, 11) is -2.31. The van der Waals surface area contributed by atoms with E-state index in [0.717, 1.165) is 18.4 Å². The van der Waals surface area contributed by atoms with Crippen molar-refractivity contribution >= 4 is 44.7 Å². The molecule has 3 fully saturated rings. The number of rotatable bonds is 9. The molecule has 2 aromatic rings. The molecule has 6 rings (SSSR count). The molecule has 0 bridgehead atoms. The molecule has 0 radical (unpaired) electrons. The largest absolute Gasteiger partial charge is 0.496 e. The number of nitrogens with one attached hydrogen (secondary N) is 2. The third-order valence-corrected chi connectivity index (χ3v) is 11.8. The molecular formula is C36H45N5O9S. The van der Waals surface area contributed by atoms with E-state index in [1.54, 1.807) is 19.2 Å². The molecule has 14 nitrogen and oxygen atoms in total. The molecule has 0 unspecified atom stereocenters. The van der Waals surface area contributed by atoms with Gasteiger partial charge in [0.2, 0.25) is 33.8 Å². The number of allylic oxidation sites excluding steroid dienone is 1. The molecule has 5 atom stereocenters. The van der Waals surface area contributed by atoms with E-state index < -0.39 is 62.6 Å². The maximum absolute atomic E-state index is 14.2. The first-order valence-electron chi connectivity index (χ1n) is 17.6. The average Bonchev–Trinajstić information content (AvgIpc) is 4.00. The zero-order valence-electron chi connectivity index (χ0n) is 29.3. The predicted octanol–water partition coefficient (Wildman–Crippen LogP) is 3.40. The number of nitrogens with zero attached hydrogens (tertiary/aromatic N) is 3. The summed E-state index contributed by atoms with van der Waals surface area (Å²) in [6.45, 7) is 5.62. The van der Waals surface area contributed by atoms with Crippen LogP contribution in [0.5, 0.6) is 17.4 Å². The van der Waals surface area contributed by atoms with Gasteiger partial charge in [0.15, 0.2) is 0 Å². The van der Waals surface area contributed by atoms with Gasteiger partial charge in [-0.2, -0.15) is 4.99 Å². The van der Waals surface area contributed by atoms with Crippen LogP contribution in [0.1, 0.15) is 77.2 Å². The molecule has 0 spiro atoms. The molecule has 274 valence electrons. The summed E-state index contributed by atoms with van der Waals surface area (Å²) in [6.07, 6.45) is 8.84. The minimum atomic E-state index is -3.88. The van der Waals surface area contributed by atoms with Gasteiger partial charge in [0.25, 0.3) is 5.91 Å². The van der Waals surface area contributed by atoms with Crippen LogP contribution in [0.25, 0.3) is 10.9 Å². The maximum atomic E-state index is 14.2. The molecule has 2 aliphatic heterocycles. The lowest BCUT2D eigenvalue weighted by Gasteiger charge is -2.28. The van der Waals surface area contributed by atoms with E-state index >= 15 is 0 Å². The number of aliphatic imine (C=N–C) groups is 1. The minimum absolute atomic E-state index is 0.0142. The van der Waals surface area contributed by atoms with Crippen molar-refractivity contribution < 1.29 is 41.8 Å². The number of pyridine rings is 1. The molecule has 1 aromatic carbocycles. The van der Waals surface area contributed by atoms with Gasteiger partial charge in [-0.1, -0.05) is 25.0 Å². The third kappa shape index (κ3) is 7.74. The predicted molar refractivity (Wildman–Crippen MR) is 187 cm³/mol. The zero-order chi connectivity index (χ0) is 36.5. The Bertz CT molecular complexity index is 1890. The van der Waals surface area contributed by atoms with Gasteiger partial charge in [-0.25, -0.2) is 18.2 Å². The number of fused-ring (bicyclic) bond motifs is 3. The topological polar surface area (TPSA) is 183 Å². The maximum Gasteiger partial charge on any atom is 0.259 e. The first-order chi connectivity index (χ1) is 24.4. The van der Waals surface area contributed by atoms with Gasteiger partial charge in [0.05, 0.1) is 30.5 Å². The molecule has 51 heavy (non-hydrogen) atoms. The monoisotopic (exact) mass is 723 g/mol. The van der Waals surface area contributed by atoms with E-state index in [4.69, 9.17) is 19.2 Å². The number of benzene rings is 1. The number of carbonyl (C=O) groups excluding carboxylic acids is 4. The Balaban J connectivity index is 1.34. The number of ether oxygens (including phenoxy) is 3. The van der Waals surface area contributed by atoms with Crippen LogP contribution in [0, 0.1) is 12.8 Å². The fourth-order valence-electron chi connectivity index (χ4n) is 7.03. The van der Waals surface area contributed by atoms with Crippen LogP contribution >= 0.6 is 0 Å². The zero-order valence-corrected chi connectivity index (χ0v) is 30.2. The normalized spacial score (nSPS) is 27.6. The highest BCUT2D eigenvalue weighted by Crippen LogP contribution is 2.46. The minimum Gasteiger partial charge on any atom is -0.496 e. The highest BCUT2D eigenvalue weighted by atomic mass is 32.2. The Labute approximate surface area is 297 Å². The molecule has 1 saturated heterocycles. The van der Waals surface area contributed by atoms with Crippen molar-refractivity contribution in [3.8, 4) is 17.4 Å². The van der Waals surface area contributed by atoms with E-state index in [-0.39, 0.29) is 25.5 Å². The lowest BCUT2D eigenvalue weighted by atomic mass is 10.1. The second kappa shape index (κ2) is 14.6. The summed E-state index contributed by atoms with van der Waals surface area (Å²) in [4.78, 5) is 63.3. The van der Waals surface area contributed by atoms with E-state index in [0.29, 0.717) is 60.4 Å². The van der Waals surface area contributed by atoms with Gasteiger partial charge in [-0.15, -0.1) is 0 Å². The quantitative estimate of drug-likeness (QED) is 0.221.